The van der Waals surface area contributed by atoms with Crippen LogP contribution in [0.25, 0.3) is 0 Å². The van der Waals surface area contributed by atoms with Crippen LogP contribution >= 0.6 is 11.6 Å². The van der Waals surface area contributed by atoms with Crippen molar-refractivity contribution in [2.75, 3.05) is 0 Å². The lowest BCUT2D eigenvalue weighted by atomic mass is 9.98. The third kappa shape index (κ3) is 3.57. The van der Waals surface area contributed by atoms with Crippen LogP contribution in [0, 0.1) is 12.7 Å². The van der Waals surface area contributed by atoms with E-state index in [9.17, 15) is 4.39 Å². The molecule has 0 aromatic heterocycles. The highest BCUT2D eigenvalue weighted by Gasteiger charge is 2.11. The van der Waals surface area contributed by atoms with E-state index in [-0.39, 0.29) is 11.2 Å². The maximum absolute atomic E-state index is 13.2. The molecule has 0 aliphatic heterocycles. The van der Waals surface area contributed by atoms with Gasteiger partial charge in [-0.05, 0) is 55.9 Å². The van der Waals surface area contributed by atoms with Gasteiger partial charge in [-0.2, -0.15) is 0 Å². The maximum Gasteiger partial charge on any atom is 0.123 e. The Morgan fingerprint density at radius 3 is 3.00 bits per heavy atom. The molecule has 1 aliphatic rings. The highest BCUT2D eigenvalue weighted by molar-refractivity contribution is 6.21. The van der Waals surface area contributed by atoms with Crippen LogP contribution in [0.15, 0.2) is 29.8 Å². The summed E-state index contributed by atoms with van der Waals surface area (Å²) >= 11 is 6.20. The molecule has 1 unspecified atom stereocenters. The number of alkyl halides is 1. The first-order valence-corrected chi connectivity index (χ1v) is 6.67. The van der Waals surface area contributed by atoms with Crippen LogP contribution in [0.1, 0.15) is 36.8 Å². The predicted molar refractivity (Wildman–Crippen MR) is 71.0 cm³/mol. The number of benzene rings is 1. The maximum atomic E-state index is 13.2. The summed E-state index contributed by atoms with van der Waals surface area (Å²) in [4.78, 5) is 0. The van der Waals surface area contributed by atoms with Crippen molar-refractivity contribution in [1.82, 2.24) is 0 Å². The number of hydrogen-bond donors (Lipinski definition) is 0. The highest BCUT2D eigenvalue weighted by atomic mass is 35.5. The lowest BCUT2D eigenvalue weighted by Crippen LogP contribution is -1.97. The van der Waals surface area contributed by atoms with E-state index < -0.39 is 0 Å². The Kier molecular flexibility index (Phi) is 4.22. The van der Waals surface area contributed by atoms with Gasteiger partial charge in [0.2, 0.25) is 0 Å². The average Bonchev–Trinajstić information content (AvgIpc) is 2.48. The van der Waals surface area contributed by atoms with Crippen LogP contribution in [0.3, 0.4) is 0 Å². The molecular weight excluding hydrogens is 235 g/mol. The fraction of sp³-hybridized carbons (Fsp3) is 0.467. The van der Waals surface area contributed by atoms with Crippen LogP contribution < -0.4 is 0 Å². The number of hydrogen-bond acceptors (Lipinski definition) is 0. The molecule has 17 heavy (non-hydrogen) atoms. The molecule has 0 radical (unpaired) electrons. The van der Waals surface area contributed by atoms with Gasteiger partial charge in [-0.3, -0.25) is 0 Å². The lowest BCUT2D eigenvalue weighted by Gasteiger charge is -2.09. The highest BCUT2D eigenvalue weighted by Crippen LogP contribution is 2.25. The van der Waals surface area contributed by atoms with Gasteiger partial charge in [0.1, 0.15) is 5.82 Å². The van der Waals surface area contributed by atoms with Gasteiger partial charge in [-0.15, -0.1) is 11.6 Å². The van der Waals surface area contributed by atoms with E-state index in [0.717, 1.165) is 30.4 Å². The van der Waals surface area contributed by atoms with Gasteiger partial charge in [-0.1, -0.05) is 24.1 Å². The van der Waals surface area contributed by atoms with Crippen LogP contribution in [-0.2, 0) is 6.42 Å². The van der Waals surface area contributed by atoms with Crippen molar-refractivity contribution in [2.24, 2.45) is 0 Å². The molecule has 0 nitrogen and oxygen atoms in total. The Hall–Kier alpha value is -0.820. The third-order valence-electron chi connectivity index (χ3n) is 3.37. The SMILES string of the molecule is Cc1ccc(F)cc1CC1=CC(Cl)CCCC1. The molecule has 0 N–H and O–H groups in total. The molecule has 0 saturated heterocycles. The zero-order valence-electron chi connectivity index (χ0n) is 10.2. The molecule has 92 valence electrons. The smallest absolute Gasteiger partial charge is 0.123 e. The van der Waals surface area contributed by atoms with Crippen molar-refractivity contribution in [3.63, 3.8) is 0 Å². The average molecular weight is 253 g/mol. The summed E-state index contributed by atoms with van der Waals surface area (Å²) < 4.78 is 13.2. The molecule has 2 rings (SSSR count). The molecule has 1 aliphatic carbocycles. The van der Waals surface area contributed by atoms with Crippen LogP contribution in [0.5, 0.6) is 0 Å². The summed E-state index contributed by atoms with van der Waals surface area (Å²) in [7, 11) is 0. The van der Waals surface area contributed by atoms with Gasteiger partial charge in [-0.25, -0.2) is 4.39 Å². The van der Waals surface area contributed by atoms with E-state index in [1.54, 1.807) is 6.07 Å². The minimum atomic E-state index is -0.151. The Balaban J connectivity index is 2.16. The normalized spacial score (nSPS) is 20.9. The van der Waals surface area contributed by atoms with Gasteiger partial charge < -0.3 is 0 Å². The first-order chi connectivity index (χ1) is 8.15. The largest absolute Gasteiger partial charge is 0.207 e. The molecule has 1 atom stereocenters. The van der Waals surface area contributed by atoms with Gasteiger partial charge in [0.25, 0.3) is 0 Å². The molecule has 1 aromatic rings. The Bertz CT molecular complexity index is 423. The molecule has 1 aromatic carbocycles. The minimum Gasteiger partial charge on any atom is -0.207 e. The molecule has 2 heteroatoms. The monoisotopic (exact) mass is 252 g/mol. The summed E-state index contributed by atoms with van der Waals surface area (Å²) in [5.74, 6) is -0.151. The quantitative estimate of drug-likeness (QED) is 0.525. The van der Waals surface area contributed by atoms with Crippen molar-refractivity contribution in [2.45, 2.75) is 44.4 Å². The van der Waals surface area contributed by atoms with Crippen LogP contribution in [-0.4, -0.2) is 5.38 Å². The zero-order chi connectivity index (χ0) is 12.3. The van der Waals surface area contributed by atoms with Crippen LogP contribution in [0.2, 0.25) is 0 Å². The van der Waals surface area contributed by atoms with Crippen molar-refractivity contribution in [3.05, 3.63) is 46.8 Å². The first kappa shape index (κ1) is 12.6. The fourth-order valence-corrected chi connectivity index (χ4v) is 2.67. The van der Waals surface area contributed by atoms with Gasteiger partial charge in [0.15, 0.2) is 0 Å². The molecule has 0 heterocycles. The minimum absolute atomic E-state index is 0.151. The van der Waals surface area contributed by atoms with Gasteiger partial charge >= 0.3 is 0 Å². The zero-order valence-corrected chi connectivity index (χ0v) is 10.9. The summed E-state index contributed by atoms with van der Waals surface area (Å²) in [6.07, 6.45) is 7.55. The van der Waals surface area contributed by atoms with Crippen LogP contribution in [0.4, 0.5) is 4.39 Å². The standard InChI is InChI=1S/C15H18ClF/c1-11-6-7-15(17)10-13(11)8-12-4-2-3-5-14(16)9-12/h6-7,9-10,14H,2-5,8H2,1H3. The van der Waals surface area contributed by atoms with E-state index in [0.29, 0.717) is 0 Å². The second-order valence-electron chi connectivity index (χ2n) is 4.83. The summed E-state index contributed by atoms with van der Waals surface area (Å²) in [5, 5.41) is 0.154. The van der Waals surface area contributed by atoms with E-state index in [4.69, 9.17) is 11.6 Å². The Labute approximate surface area is 107 Å². The molecule has 0 bridgehead atoms. The number of allylic oxidation sites excluding steroid dienone is 2. The molecule has 0 amide bonds. The number of aryl methyl sites for hydroxylation is 1. The molecular formula is C15H18ClF. The van der Waals surface area contributed by atoms with E-state index >= 15 is 0 Å². The topological polar surface area (TPSA) is 0 Å². The van der Waals surface area contributed by atoms with E-state index in [1.165, 1.54) is 24.5 Å². The summed E-state index contributed by atoms with van der Waals surface area (Å²) in [5.41, 5.74) is 3.60. The van der Waals surface area contributed by atoms with Crippen molar-refractivity contribution >= 4 is 11.6 Å². The third-order valence-corrected chi connectivity index (χ3v) is 3.72. The fourth-order valence-electron chi connectivity index (χ4n) is 2.34. The van der Waals surface area contributed by atoms with Crippen molar-refractivity contribution < 1.29 is 4.39 Å². The Morgan fingerprint density at radius 2 is 2.18 bits per heavy atom. The van der Waals surface area contributed by atoms with E-state index in [2.05, 4.69) is 6.08 Å². The second-order valence-corrected chi connectivity index (χ2v) is 5.39. The molecule has 0 fully saturated rings. The predicted octanol–water partition coefficient (Wildman–Crippen LogP) is 4.78. The second kappa shape index (κ2) is 5.68. The Morgan fingerprint density at radius 1 is 1.35 bits per heavy atom. The number of rotatable bonds is 2. The van der Waals surface area contributed by atoms with E-state index in [1.807, 2.05) is 13.0 Å². The van der Waals surface area contributed by atoms with Gasteiger partial charge in [0.05, 0.1) is 5.38 Å². The summed E-state index contributed by atoms with van der Waals surface area (Å²) in [6, 6.07) is 5.01. The van der Waals surface area contributed by atoms with Gasteiger partial charge in [0, 0.05) is 0 Å². The number of halogens is 2. The first-order valence-electron chi connectivity index (χ1n) is 6.24. The van der Waals surface area contributed by atoms with Crippen molar-refractivity contribution in [1.29, 1.82) is 0 Å². The molecule has 0 saturated carbocycles. The summed E-state index contributed by atoms with van der Waals surface area (Å²) in [6.45, 7) is 2.03. The molecule has 0 spiro atoms. The van der Waals surface area contributed by atoms with Crippen molar-refractivity contribution in [3.8, 4) is 0 Å². The lowest BCUT2D eigenvalue weighted by molar-refractivity contribution is 0.625.